The lowest BCUT2D eigenvalue weighted by atomic mass is 10.1. The van der Waals surface area contributed by atoms with Crippen molar-refractivity contribution in [1.29, 1.82) is 0 Å². The lowest BCUT2D eigenvalue weighted by molar-refractivity contribution is 0.160. The first kappa shape index (κ1) is 21.5. The first-order valence-corrected chi connectivity index (χ1v) is 11.0. The van der Waals surface area contributed by atoms with Gasteiger partial charge < -0.3 is 19.8 Å². The second-order valence-electron chi connectivity index (χ2n) is 7.96. The number of fused-ring (bicyclic) bond motifs is 1. The molecule has 3 aromatic rings. The SMILES string of the molecule is OCCN(CCCN1CCCC1)CCOc1ccn2ncc(-c3cccc(O)c3)c2n1. The van der Waals surface area contributed by atoms with Crippen molar-refractivity contribution in [3.63, 3.8) is 0 Å². The number of benzene rings is 1. The van der Waals surface area contributed by atoms with Gasteiger partial charge in [0.1, 0.15) is 12.4 Å². The summed E-state index contributed by atoms with van der Waals surface area (Å²) in [5.41, 5.74) is 2.37. The average molecular weight is 426 g/mol. The molecule has 1 aliphatic heterocycles. The molecule has 0 bridgehead atoms. The van der Waals surface area contributed by atoms with E-state index in [1.807, 2.05) is 12.3 Å². The number of rotatable bonds is 11. The maximum absolute atomic E-state index is 9.78. The highest BCUT2D eigenvalue weighted by Gasteiger charge is 2.13. The fourth-order valence-electron chi connectivity index (χ4n) is 4.09. The van der Waals surface area contributed by atoms with Crippen LogP contribution in [0.15, 0.2) is 42.7 Å². The monoisotopic (exact) mass is 425 g/mol. The number of phenols is 1. The average Bonchev–Trinajstić information content (AvgIpc) is 3.43. The molecule has 2 N–H and O–H groups in total. The van der Waals surface area contributed by atoms with Crippen LogP contribution in [0.3, 0.4) is 0 Å². The van der Waals surface area contributed by atoms with Crippen molar-refractivity contribution >= 4 is 5.65 Å². The number of ether oxygens (including phenoxy) is 1. The van der Waals surface area contributed by atoms with Crippen molar-refractivity contribution in [2.75, 3.05) is 52.5 Å². The van der Waals surface area contributed by atoms with Crippen LogP contribution >= 0.6 is 0 Å². The largest absolute Gasteiger partial charge is 0.508 e. The number of hydrogen-bond acceptors (Lipinski definition) is 7. The van der Waals surface area contributed by atoms with Crippen molar-refractivity contribution in [1.82, 2.24) is 24.4 Å². The number of aliphatic hydroxyl groups excluding tert-OH is 1. The van der Waals surface area contributed by atoms with Crippen molar-refractivity contribution in [2.45, 2.75) is 19.3 Å². The zero-order valence-electron chi connectivity index (χ0n) is 17.9. The Bertz CT molecular complexity index is 971. The van der Waals surface area contributed by atoms with Gasteiger partial charge in [-0.25, -0.2) is 4.52 Å². The molecule has 8 nitrogen and oxygen atoms in total. The van der Waals surface area contributed by atoms with Crippen LogP contribution in [0.25, 0.3) is 16.8 Å². The second-order valence-corrected chi connectivity index (χ2v) is 7.96. The highest BCUT2D eigenvalue weighted by atomic mass is 16.5. The minimum absolute atomic E-state index is 0.150. The molecule has 4 rings (SSSR count). The summed E-state index contributed by atoms with van der Waals surface area (Å²) < 4.78 is 7.62. The Morgan fingerprint density at radius 1 is 1.10 bits per heavy atom. The Morgan fingerprint density at radius 2 is 1.97 bits per heavy atom. The zero-order chi connectivity index (χ0) is 21.5. The van der Waals surface area contributed by atoms with Gasteiger partial charge in [0, 0.05) is 30.9 Å². The Morgan fingerprint density at radius 3 is 2.77 bits per heavy atom. The lowest BCUT2D eigenvalue weighted by Gasteiger charge is -2.23. The molecule has 0 amide bonds. The Kier molecular flexibility index (Phi) is 7.35. The minimum atomic E-state index is 0.150. The van der Waals surface area contributed by atoms with E-state index < -0.39 is 0 Å². The molecule has 8 heteroatoms. The van der Waals surface area contributed by atoms with Crippen molar-refractivity contribution in [3.05, 3.63) is 42.7 Å². The smallest absolute Gasteiger partial charge is 0.216 e. The molecule has 0 atom stereocenters. The van der Waals surface area contributed by atoms with Gasteiger partial charge in [-0.05, 0) is 63.1 Å². The van der Waals surface area contributed by atoms with Crippen LogP contribution in [0.2, 0.25) is 0 Å². The van der Waals surface area contributed by atoms with Crippen molar-refractivity contribution in [2.24, 2.45) is 0 Å². The number of aliphatic hydroxyl groups is 1. The molecule has 1 saturated heterocycles. The predicted octanol–water partition coefficient (Wildman–Crippen LogP) is 2.26. The van der Waals surface area contributed by atoms with E-state index in [-0.39, 0.29) is 12.4 Å². The lowest BCUT2D eigenvalue weighted by Crippen LogP contribution is -2.34. The molecular weight excluding hydrogens is 394 g/mol. The Labute approximate surface area is 182 Å². The summed E-state index contributed by atoms with van der Waals surface area (Å²) >= 11 is 0. The van der Waals surface area contributed by atoms with E-state index in [1.165, 1.54) is 25.9 Å². The number of phenolic OH excluding ortho intramolecular Hbond substituents is 1. The maximum atomic E-state index is 9.78. The minimum Gasteiger partial charge on any atom is -0.508 e. The van der Waals surface area contributed by atoms with Gasteiger partial charge in [-0.1, -0.05) is 12.1 Å². The molecule has 0 spiro atoms. The molecule has 0 radical (unpaired) electrons. The van der Waals surface area contributed by atoms with Crippen LogP contribution in [-0.2, 0) is 0 Å². The van der Waals surface area contributed by atoms with Gasteiger partial charge in [-0.15, -0.1) is 0 Å². The summed E-state index contributed by atoms with van der Waals surface area (Å²) in [4.78, 5) is 9.38. The molecule has 1 aromatic carbocycles. The molecule has 0 aliphatic carbocycles. The van der Waals surface area contributed by atoms with Crippen LogP contribution in [0.4, 0.5) is 0 Å². The summed E-state index contributed by atoms with van der Waals surface area (Å²) in [5, 5.41) is 23.5. The summed E-state index contributed by atoms with van der Waals surface area (Å²) in [6.45, 7) is 6.57. The maximum Gasteiger partial charge on any atom is 0.216 e. The standard InChI is InChI=1S/C23H31N5O3/c29-15-13-27(11-4-10-26-8-1-2-9-26)14-16-31-22-7-12-28-23(25-22)21(18-24-28)19-5-3-6-20(30)17-19/h3,5-7,12,17-18,29-30H,1-2,4,8-11,13-16H2. The third-order valence-electron chi connectivity index (χ3n) is 5.72. The van der Waals surface area contributed by atoms with Crippen LogP contribution in [0.1, 0.15) is 19.3 Å². The van der Waals surface area contributed by atoms with E-state index in [0.717, 1.165) is 37.2 Å². The summed E-state index contributed by atoms with van der Waals surface area (Å²) in [6.07, 6.45) is 7.30. The van der Waals surface area contributed by atoms with E-state index in [4.69, 9.17) is 4.74 Å². The second kappa shape index (κ2) is 10.6. The molecule has 31 heavy (non-hydrogen) atoms. The van der Waals surface area contributed by atoms with Gasteiger partial charge in [0.25, 0.3) is 0 Å². The molecular formula is C23H31N5O3. The Hall–Kier alpha value is -2.68. The van der Waals surface area contributed by atoms with Gasteiger partial charge >= 0.3 is 0 Å². The van der Waals surface area contributed by atoms with Crippen molar-refractivity contribution in [3.8, 4) is 22.8 Å². The fraction of sp³-hybridized carbons (Fsp3) is 0.478. The van der Waals surface area contributed by atoms with E-state index in [2.05, 4.69) is 19.9 Å². The van der Waals surface area contributed by atoms with Gasteiger partial charge in [-0.2, -0.15) is 10.1 Å². The van der Waals surface area contributed by atoms with E-state index >= 15 is 0 Å². The highest BCUT2D eigenvalue weighted by Crippen LogP contribution is 2.27. The molecule has 0 saturated carbocycles. The number of likely N-dealkylation sites (tertiary alicyclic amines) is 1. The molecule has 3 heterocycles. The highest BCUT2D eigenvalue weighted by molar-refractivity contribution is 5.77. The summed E-state index contributed by atoms with van der Waals surface area (Å²) in [5.74, 6) is 0.744. The first-order valence-electron chi connectivity index (χ1n) is 11.0. The molecule has 0 unspecified atom stereocenters. The van der Waals surface area contributed by atoms with Crippen molar-refractivity contribution < 1.29 is 14.9 Å². The zero-order valence-corrected chi connectivity index (χ0v) is 17.9. The topological polar surface area (TPSA) is 86.4 Å². The van der Waals surface area contributed by atoms with E-state index in [1.54, 1.807) is 35.0 Å². The van der Waals surface area contributed by atoms with Gasteiger partial charge in [0.2, 0.25) is 5.88 Å². The van der Waals surface area contributed by atoms with Crippen LogP contribution in [0, 0.1) is 0 Å². The number of hydrogen-bond donors (Lipinski definition) is 2. The predicted molar refractivity (Wildman–Crippen MR) is 119 cm³/mol. The van der Waals surface area contributed by atoms with Gasteiger partial charge in [0.05, 0.1) is 12.8 Å². The normalized spacial score (nSPS) is 14.6. The number of nitrogens with zero attached hydrogens (tertiary/aromatic N) is 5. The number of aromatic nitrogens is 3. The first-order chi connectivity index (χ1) is 15.2. The third-order valence-corrected chi connectivity index (χ3v) is 5.72. The third kappa shape index (κ3) is 5.72. The fourth-order valence-corrected chi connectivity index (χ4v) is 4.09. The van der Waals surface area contributed by atoms with Gasteiger partial charge in [0.15, 0.2) is 5.65 Å². The van der Waals surface area contributed by atoms with Crippen LogP contribution in [0.5, 0.6) is 11.6 Å². The van der Waals surface area contributed by atoms with Crippen LogP contribution < -0.4 is 4.74 Å². The summed E-state index contributed by atoms with van der Waals surface area (Å²) in [6, 6.07) is 8.85. The number of aromatic hydroxyl groups is 1. The summed E-state index contributed by atoms with van der Waals surface area (Å²) in [7, 11) is 0. The van der Waals surface area contributed by atoms with E-state index in [0.29, 0.717) is 24.7 Å². The molecule has 2 aromatic heterocycles. The van der Waals surface area contributed by atoms with Crippen LogP contribution in [-0.4, -0.2) is 87.1 Å². The van der Waals surface area contributed by atoms with Gasteiger partial charge in [-0.3, -0.25) is 4.90 Å². The molecule has 1 fully saturated rings. The molecule has 1 aliphatic rings. The van der Waals surface area contributed by atoms with E-state index in [9.17, 15) is 10.2 Å². The Balaban J connectivity index is 1.33. The quantitative estimate of drug-likeness (QED) is 0.487. The molecule has 166 valence electrons.